The Morgan fingerprint density at radius 1 is 1.12 bits per heavy atom. The first-order valence-corrected chi connectivity index (χ1v) is 6.20. The summed E-state index contributed by atoms with van der Waals surface area (Å²) in [5.74, 6) is 2.44. The summed E-state index contributed by atoms with van der Waals surface area (Å²) in [5, 5.41) is 3.44. The molecule has 3 nitrogen and oxygen atoms in total. The Morgan fingerprint density at radius 3 is 2.44 bits per heavy atom. The Balaban J connectivity index is 1.93. The van der Waals surface area contributed by atoms with E-state index in [1.807, 2.05) is 19.3 Å². The highest BCUT2D eigenvalue weighted by Crippen LogP contribution is 2.30. The predicted octanol–water partition coefficient (Wildman–Crippen LogP) is 3.02. The lowest BCUT2D eigenvalue weighted by atomic mass is 9.79. The molecular formula is C13H21N3. The summed E-state index contributed by atoms with van der Waals surface area (Å²) in [6, 6.07) is 0.550. The van der Waals surface area contributed by atoms with Crippen molar-refractivity contribution in [2.24, 2.45) is 11.8 Å². The molecule has 1 N–H and O–H groups in total. The first-order valence-electron chi connectivity index (χ1n) is 6.20. The summed E-state index contributed by atoms with van der Waals surface area (Å²) in [7, 11) is 0. The fourth-order valence-electron chi connectivity index (χ4n) is 2.33. The molecular weight excluding hydrogens is 198 g/mol. The molecule has 1 heterocycles. The highest BCUT2D eigenvalue weighted by molar-refractivity contribution is 5.26. The van der Waals surface area contributed by atoms with Gasteiger partial charge in [-0.3, -0.25) is 0 Å². The maximum atomic E-state index is 4.29. The molecule has 3 unspecified atom stereocenters. The minimum atomic E-state index is 0.550. The van der Waals surface area contributed by atoms with Crippen LogP contribution in [0.4, 0.5) is 5.95 Å². The first-order chi connectivity index (χ1) is 7.65. The van der Waals surface area contributed by atoms with E-state index >= 15 is 0 Å². The topological polar surface area (TPSA) is 37.8 Å². The fourth-order valence-corrected chi connectivity index (χ4v) is 2.33. The summed E-state index contributed by atoms with van der Waals surface area (Å²) < 4.78 is 0. The zero-order valence-corrected chi connectivity index (χ0v) is 10.4. The molecule has 0 radical (unpaired) electrons. The van der Waals surface area contributed by atoms with Crippen molar-refractivity contribution in [2.75, 3.05) is 5.32 Å². The van der Waals surface area contributed by atoms with Crippen LogP contribution in [0.5, 0.6) is 0 Å². The van der Waals surface area contributed by atoms with Crippen LogP contribution in [0.25, 0.3) is 0 Å². The van der Waals surface area contributed by atoms with Crippen LogP contribution >= 0.6 is 0 Å². The van der Waals surface area contributed by atoms with E-state index < -0.39 is 0 Å². The summed E-state index contributed by atoms with van der Waals surface area (Å²) in [6.07, 6.45) is 7.51. The molecule has 0 saturated heterocycles. The Morgan fingerprint density at radius 2 is 1.81 bits per heavy atom. The highest BCUT2D eigenvalue weighted by atomic mass is 15.1. The summed E-state index contributed by atoms with van der Waals surface area (Å²) in [4.78, 5) is 8.59. The van der Waals surface area contributed by atoms with Gasteiger partial charge in [-0.2, -0.15) is 0 Å². The van der Waals surface area contributed by atoms with Crippen LogP contribution < -0.4 is 5.32 Å². The number of hydrogen-bond acceptors (Lipinski definition) is 3. The third kappa shape index (κ3) is 2.71. The van der Waals surface area contributed by atoms with E-state index in [1.54, 1.807) is 0 Å². The normalized spacial score (nSPS) is 30.1. The van der Waals surface area contributed by atoms with Crippen molar-refractivity contribution in [3.63, 3.8) is 0 Å². The van der Waals surface area contributed by atoms with Gasteiger partial charge in [0.2, 0.25) is 5.95 Å². The molecule has 3 atom stereocenters. The minimum absolute atomic E-state index is 0.550. The van der Waals surface area contributed by atoms with Crippen LogP contribution in [0.2, 0.25) is 0 Å². The molecule has 0 aromatic carbocycles. The quantitative estimate of drug-likeness (QED) is 0.830. The Bertz CT molecular complexity index is 334. The zero-order valence-electron chi connectivity index (χ0n) is 10.4. The standard InChI is InChI=1S/C13H21N3/c1-9-7-14-13(15-8-9)16-12-5-4-10(2)11(3)6-12/h7-8,10-12H,4-6H2,1-3H3,(H,14,15,16). The summed E-state index contributed by atoms with van der Waals surface area (Å²) in [5.41, 5.74) is 1.11. The van der Waals surface area contributed by atoms with Gasteiger partial charge in [-0.25, -0.2) is 9.97 Å². The Kier molecular flexibility index (Phi) is 3.42. The molecule has 1 aliphatic rings. The lowest BCUT2D eigenvalue weighted by Crippen LogP contribution is -2.30. The van der Waals surface area contributed by atoms with Gasteiger partial charge in [0.05, 0.1) is 0 Å². The number of hydrogen-bond donors (Lipinski definition) is 1. The average molecular weight is 219 g/mol. The average Bonchev–Trinajstić information content (AvgIpc) is 2.27. The SMILES string of the molecule is Cc1cnc(NC2CCC(C)C(C)C2)nc1. The number of nitrogens with zero attached hydrogens (tertiary/aromatic N) is 2. The number of aryl methyl sites for hydroxylation is 1. The third-order valence-corrected chi connectivity index (χ3v) is 3.71. The maximum Gasteiger partial charge on any atom is 0.222 e. The highest BCUT2D eigenvalue weighted by Gasteiger charge is 2.24. The molecule has 1 saturated carbocycles. The first kappa shape index (κ1) is 11.4. The second-order valence-corrected chi connectivity index (χ2v) is 5.19. The lowest BCUT2D eigenvalue weighted by Gasteiger charge is -2.32. The van der Waals surface area contributed by atoms with Crippen LogP contribution in [0.1, 0.15) is 38.7 Å². The molecule has 0 amide bonds. The van der Waals surface area contributed by atoms with E-state index in [0.29, 0.717) is 6.04 Å². The lowest BCUT2D eigenvalue weighted by molar-refractivity contribution is 0.260. The molecule has 88 valence electrons. The predicted molar refractivity (Wildman–Crippen MR) is 66.4 cm³/mol. The molecule has 1 aliphatic carbocycles. The zero-order chi connectivity index (χ0) is 11.5. The van der Waals surface area contributed by atoms with Gasteiger partial charge < -0.3 is 5.32 Å². The molecule has 0 spiro atoms. The van der Waals surface area contributed by atoms with Gasteiger partial charge in [-0.05, 0) is 43.6 Å². The van der Waals surface area contributed by atoms with Crippen molar-refractivity contribution in [1.82, 2.24) is 9.97 Å². The van der Waals surface area contributed by atoms with Gasteiger partial charge in [-0.1, -0.05) is 13.8 Å². The summed E-state index contributed by atoms with van der Waals surface area (Å²) >= 11 is 0. The van der Waals surface area contributed by atoms with Crippen LogP contribution in [-0.4, -0.2) is 16.0 Å². The molecule has 1 aromatic heterocycles. The maximum absolute atomic E-state index is 4.29. The molecule has 16 heavy (non-hydrogen) atoms. The largest absolute Gasteiger partial charge is 0.351 e. The summed E-state index contributed by atoms with van der Waals surface area (Å²) in [6.45, 7) is 6.70. The Hall–Kier alpha value is -1.12. The number of nitrogens with one attached hydrogen (secondary N) is 1. The molecule has 0 aliphatic heterocycles. The van der Waals surface area contributed by atoms with Crippen LogP contribution in [0.3, 0.4) is 0 Å². The van der Waals surface area contributed by atoms with Crippen LogP contribution in [-0.2, 0) is 0 Å². The fraction of sp³-hybridized carbons (Fsp3) is 0.692. The molecule has 1 aromatic rings. The van der Waals surface area contributed by atoms with Crippen molar-refractivity contribution < 1.29 is 0 Å². The van der Waals surface area contributed by atoms with Crippen molar-refractivity contribution in [3.05, 3.63) is 18.0 Å². The van der Waals surface area contributed by atoms with Gasteiger partial charge in [0.25, 0.3) is 0 Å². The van der Waals surface area contributed by atoms with Crippen molar-refractivity contribution in [2.45, 2.75) is 46.1 Å². The van der Waals surface area contributed by atoms with Crippen molar-refractivity contribution in [3.8, 4) is 0 Å². The van der Waals surface area contributed by atoms with Crippen LogP contribution in [0.15, 0.2) is 12.4 Å². The molecule has 1 fully saturated rings. The smallest absolute Gasteiger partial charge is 0.222 e. The number of aromatic nitrogens is 2. The van der Waals surface area contributed by atoms with Crippen LogP contribution in [0, 0.1) is 18.8 Å². The van der Waals surface area contributed by atoms with E-state index in [4.69, 9.17) is 0 Å². The van der Waals surface area contributed by atoms with E-state index in [9.17, 15) is 0 Å². The van der Waals surface area contributed by atoms with Gasteiger partial charge in [0.15, 0.2) is 0 Å². The second kappa shape index (κ2) is 4.81. The van der Waals surface area contributed by atoms with E-state index in [1.165, 1.54) is 19.3 Å². The van der Waals surface area contributed by atoms with E-state index in [-0.39, 0.29) is 0 Å². The van der Waals surface area contributed by atoms with Gasteiger partial charge in [0.1, 0.15) is 0 Å². The molecule has 3 heteroatoms. The van der Waals surface area contributed by atoms with Crippen molar-refractivity contribution >= 4 is 5.95 Å². The number of anilines is 1. The third-order valence-electron chi connectivity index (χ3n) is 3.71. The van der Waals surface area contributed by atoms with Gasteiger partial charge in [-0.15, -0.1) is 0 Å². The van der Waals surface area contributed by atoms with E-state index in [0.717, 1.165) is 23.3 Å². The minimum Gasteiger partial charge on any atom is -0.351 e. The Labute approximate surface area is 97.7 Å². The van der Waals surface area contributed by atoms with E-state index in [2.05, 4.69) is 29.1 Å². The van der Waals surface area contributed by atoms with Crippen molar-refractivity contribution in [1.29, 1.82) is 0 Å². The molecule has 0 bridgehead atoms. The van der Waals surface area contributed by atoms with Gasteiger partial charge >= 0.3 is 0 Å². The molecule has 2 rings (SSSR count). The monoisotopic (exact) mass is 219 g/mol. The van der Waals surface area contributed by atoms with Gasteiger partial charge in [0, 0.05) is 18.4 Å². The number of rotatable bonds is 2. The second-order valence-electron chi connectivity index (χ2n) is 5.19.